The number of guanidine groups is 1. The van der Waals surface area contributed by atoms with Crippen LogP contribution in [-0.4, -0.2) is 52.0 Å². The summed E-state index contributed by atoms with van der Waals surface area (Å²) >= 11 is 0. The molecular weight excluding hydrogens is 381 g/mol. The van der Waals surface area contributed by atoms with Gasteiger partial charge in [0, 0.05) is 33.4 Å². The molecule has 0 amide bonds. The average Bonchev–Trinajstić information content (AvgIpc) is 2.99. The Morgan fingerprint density at radius 1 is 1.33 bits per heavy atom. The standard InChI is InChI=1S/C15H31N3O2.HI/c1-4-13(5-2)11-18-15(16-3)17-8-6-9-20-14-7-10-19-12-14;/h13-14H,4-12H2,1-3H3,(H2,16,17,18);1H. The van der Waals surface area contributed by atoms with Crippen molar-refractivity contribution in [2.45, 2.75) is 45.6 Å². The van der Waals surface area contributed by atoms with Crippen molar-refractivity contribution < 1.29 is 9.47 Å². The lowest BCUT2D eigenvalue weighted by molar-refractivity contribution is 0.0420. The molecule has 1 rings (SSSR count). The molecule has 1 unspecified atom stereocenters. The quantitative estimate of drug-likeness (QED) is 0.264. The number of nitrogens with one attached hydrogen (secondary N) is 2. The normalized spacial score (nSPS) is 18.7. The van der Waals surface area contributed by atoms with E-state index in [1.54, 1.807) is 0 Å². The second-order valence-corrected chi connectivity index (χ2v) is 5.27. The summed E-state index contributed by atoms with van der Waals surface area (Å²) in [7, 11) is 1.81. The van der Waals surface area contributed by atoms with E-state index in [1.165, 1.54) is 12.8 Å². The Balaban J connectivity index is 0.00000400. The van der Waals surface area contributed by atoms with Crippen LogP contribution < -0.4 is 10.6 Å². The van der Waals surface area contributed by atoms with E-state index in [0.717, 1.165) is 57.6 Å². The molecule has 0 saturated carbocycles. The Morgan fingerprint density at radius 3 is 2.67 bits per heavy atom. The van der Waals surface area contributed by atoms with E-state index in [4.69, 9.17) is 9.47 Å². The van der Waals surface area contributed by atoms with Crippen LogP contribution in [0.2, 0.25) is 0 Å². The summed E-state index contributed by atoms with van der Waals surface area (Å²) in [6.45, 7) is 8.72. The zero-order chi connectivity index (χ0) is 14.6. The summed E-state index contributed by atoms with van der Waals surface area (Å²) in [6.07, 6.45) is 4.74. The monoisotopic (exact) mass is 413 g/mol. The number of halogens is 1. The van der Waals surface area contributed by atoms with Gasteiger partial charge in [-0.1, -0.05) is 26.7 Å². The van der Waals surface area contributed by atoms with E-state index in [2.05, 4.69) is 29.5 Å². The van der Waals surface area contributed by atoms with Gasteiger partial charge < -0.3 is 20.1 Å². The van der Waals surface area contributed by atoms with Crippen molar-refractivity contribution in [2.24, 2.45) is 10.9 Å². The lowest BCUT2D eigenvalue weighted by Crippen LogP contribution is -2.40. The first-order valence-corrected chi connectivity index (χ1v) is 7.94. The van der Waals surface area contributed by atoms with Crippen LogP contribution in [0.4, 0.5) is 0 Å². The fourth-order valence-corrected chi connectivity index (χ4v) is 2.21. The number of nitrogens with zero attached hydrogens (tertiary/aromatic N) is 1. The van der Waals surface area contributed by atoms with Crippen LogP contribution in [-0.2, 0) is 9.47 Å². The van der Waals surface area contributed by atoms with Crippen LogP contribution >= 0.6 is 24.0 Å². The molecule has 0 bridgehead atoms. The zero-order valence-corrected chi connectivity index (χ0v) is 16.0. The molecule has 1 aliphatic rings. The predicted octanol–water partition coefficient (Wildman–Crippen LogP) is 2.40. The van der Waals surface area contributed by atoms with E-state index in [0.29, 0.717) is 6.10 Å². The maximum Gasteiger partial charge on any atom is 0.190 e. The van der Waals surface area contributed by atoms with Gasteiger partial charge in [0.25, 0.3) is 0 Å². The van der Waals surface area contributed by atoms with Gasteiger partial charge in [-0.2, -0.15) is 0 Å². The predicted molar refractivity (Wildman–Crippen MR) is 98.6 cm³/mol. The van der Waals surface area contributed by atoms with Gasteiger partial charge in [-0.15, -0.1) is 24.0 Å². The molecule has 0 spiro atoms. The van der Waals surface area contributed by atoms with Gasteiger partial charge in [0.1, 0.15) is 0 Å². The highest BCUT2D eigenvalue weighted by Gasteiger charge is 2.15. The highest BCUT2D eigenvalue weighted by atomic mass is 127. The molecule has 1 atom stereocenters. The molecule has 0 aromatic rings. The van der Waals surface area contributed by atoms with E-state index in [-0.39, 0.29) is 24.0 Å². The number of aliphatic imine (C=N–C) groups is 1. The van der Waals surface area contributed by atoms with Crippen molar-refractivity contribution in [1.29, 1.82) is 0 Å². The minimum atomic E-state index is 0. The topological polar surface area (TPSA) is 54.9 Å². The maximum atomic E-state index is 5.73. The molecule has 0 aliphatic carbocycles. The molecule has 6 heteroatoms. The van der Waals surface area contributed by atoms with E-state index >= 15 is 0 Å². The van der Waals surface area contributed by atoms with E-state index < -0.39 is 0 Å². The van der Waals surface area contributed by atoms with Crippen molar-refractivity contribution >= 4 is 29.9 Å². The zero-order valence-electron chi connectivity index (χ0n) is 13.7. The first kappa shape index (κ1) is 20.9. The smallest absolute Gasteiger partial charge is 0.190 e. The highest BCUT2D eigenvalue weighted by molar-refractivity contribution is 14.0. The maximum absolute atomic E-state index is 5.73. The summed E-state index contributed by atoms with van der Waals surface area (Å²) in [5, 5.41) is 6.71. The summed E-state index contributed by atoms with van der Waals surface area (Å²) in [6, 6.07) is 0. The third kappa shape index (κ3) is 9.52. The SMILES string of the molecule is CCC(CC)CNC(=NC)NCCCOC1CCOC1.I. The largest absolute Gasteiger partial charge is 0.379 e. The molecular formula is C15H32IN3O2. The molecule has 1 heterocycles. The number of hydrogen-bond donors (Lipinski definition) is 2. The Bertz CT molecular complexity index is 268. The summed E-state index contributed by atoms with van der Waals surface area (Å²) in [5.41, 5.74) is 0. The minimum absolute atomic E-state index is 0. The third-order valence-corrected chi connectivity index (χ3v) is 3.79. The molecule has 1 fully saturated rings. The number of rotatable bonds is 9. The van der Waals surface area contributed by atoms with E-state index in [1.807, 2.05) is 7.05 Å². The van der Waals surface area contributed by atoms with Crippen molar-refractivity contribution in [3.05, 3.63) is 0 Å². The fourth-order valence-electron chi connectivity index (χ4n) is 2.21. The van der Waals surface area contributed by atoms with Gasteiger partial charge in [0.2, 0.25) is 0 Å². The Hall–Kier alpha value is -0.0800. The van der Waals surface area contributed by atoms with Gasteiger partial charge in [0.05, 0.1) is 12.7 Å². The molecule has 21 heavy (non-hydrogen) atoms. The van der Waals surface area contributed by atoms with Crippen LogP contribution in [0.3, 0.4) is 0 Å². The Labute approximate surface area is 146 Å². The van der Waals surface area contributed by atoms with Crippen molar-refractivity contribution in [1.82, 2.24) is 10.6 Å². The van der Waals surface area contributed by atoms with Crippen LogP contribution in [0.15, 0.2) is 4.99 Å². The van der Waals surface area contributed by atoms with Crippen LogP contribution in [0.1, 0.15) is 39.5 Å². The highest BCUT2D eigenvalue weighted by Crippen LogP contribution is 2.08. The van der Waals surface area contributed by atoms with Gasteiger partial charge in [-0.25, -0.2) is 0 Å². The Kier molecular flexibility index (Phi) is 13.5. The first-order chi connectivity index (χ1) is 9.80. The average molecular weight is 413 g/mol. The third-order valence-electron chi connectivity index (χ3n) is 3.79. The molecule has 0 aromatic carbocycles. The molecule has 1 aliphatic heterocycles. The van der Waals surface area contributed by atoms with Crippen LogP contribution in [0.25, 0.3) is 0 Å². The molecule has 1 saturated heterocycles. The van der Waals surface area contributed by atoms with Crippen LogP contribution in [0.5, 0.6) is 0 Å². The summed E-state index contributed by atoms with van der Waals surface area (Å²) < 4.78 is 11.0. The molecule has 5 nitrogen and oxygen atoms in total. The molecule has 0 radical (unpaired) electrons. The molecule has 0 aromatic heterocycles. The van der Waals surface area contributed by atoms with Crippen LogP contribution in [0, 0.1) is 5.92 Å². The second kappa shape index (κ2) is 13.6. The van der Waals surface area contributed by atoms with Crippen molar-refractivity contribution in [3.8, 4) is 0 Å². The minimum Gasteiger partial charge on any atom is -0.379 e. The number of ether oxygens (including phenoxy) is 2. The van der Waals surface area contributed by atoms with E-state index in [9.17, 15) is 0 Å². The van der Waals surface area contributed by atoms with Gasteiger partial charge >= 0.3 is 0 Å². The number of hydrogen-bond acceptors (Lipinski definition) is 3. The van der Waals surface area contributed by atoms with Crippen molar-refractivity contribution in [3.63, 3.8) is 0 Å². The first-order valence-electron chi connectivity index (χ1n) is 7.94. The lowest BCUT2D eigenvalue weighted by Gasteiger charge is -2.17. The fraction of sp³-hybridized carbons (Fsp3) is 0.933. The Morgan fingerprint density at radius 2 is 2.10 bits per heavy atom. The molecule has 2 N–H and O–H groups in total. The lowest BCUT2D eigenvalue weighted by atomic mass is 10.0. The van der Waals surface area contributed by atoms with Gasteiger partial charge in [0.15, 0.2) is 5.96 Å². The van der Waals surface area contributed by atoms with Gasteiger partial charge in [-0.05, 0) is 18.8 Å². The summed E-state index contributed by atoms with van der Waals surface area (Å²) in [5.74, 6) is 1.61. The second-order valence-electron chi connectivity index (χ2n) is 5.27. The van der Waals surface area contributed by atoms with Crippen molar-refractivity contribution in [2.75, 3.05) is 40.0 Å². The molecule has 126 valence electrons. The van der Waals surface area contributed by atoms with Gasteiger partial charge in [-0.3, -0.25) is 4.99 Å². The summed E-state index contributed by atoms with van der Waals surface area (Å²) in [4.78, 5) is 4.24.